The zero-order chi connectivity index (χ0) is 48.4. The Balaban J connectivity index is 0.894. The predicted octanol–water partition coefficient (Wildman–Crippen LogP) is 18.7. The Morgan fingerprint density at radius 2 is 1.00 bits per heavy atom. The van der Waals surface area contributed by atoms with Crippen LogP contribution in [0.3, 0.4) is 0 Å². The fraction of sp³-hybridized carbons (Fsp3) is 0.0857. The molecular weight excluding hydrogens is 899 g/mol. The van der Waals surface area contributed by atoms with E-state index < -0.39 is 0 Å². The molecule has 1 atom stereocenters. The summed E-state index contributed by atoms with van der Waals surface area (Å²) in [5, 5.41) is 8.69. The number of nitrogens with zero attached hydrogens (tertiary/aromatic N) is 3. The van der Waals surface area contributed by atoms with Gasteiger partial charge < -0.3 is 18.1 Å². The summed E-state index contributed by atoms with van der Waals surface area (Å²) in [4.78, 5) is 0. The number of aryl methyl sites for hydroxylation is 1. The van der Waals surface area contributed by atoms with Gasteiger partial charge in [0, 0.05) is 54.6 Å². The SMILES string of the molecule is C1=CCC(n2c3c(c4cc(-c5ccc6c(c5)c5cc(-c7ccc8c(c7)c7ccccc7n8-c7ccccc7)ccc5n6-c5ccc(-c6ccc7oc8ccccc8c7c6)c6c5CCC=C6)ccc42)CCC=C3)C=C1. The molecule has 4 heteroatoms. The Kier molecular flexibility index (Phi) is 9.08. The Morgan fingerprint density at radius 1 is 0.405 bits per heavy atom. The molecule has 0 saturated carbocycles. The average molecular weight is 948 g/mol. The molecule has 3 aliphatic rings. The van der Waals surface area contributed by atoms with Gasteiger partial charge in [-0.1, -0.05) is 134 Å². The standard InChI is InChI=1S/C70H49N3O/c1-3-15-49(16-4-1)71-62-24-12-9-21-54(62)57-39-44(27-33-65(57)71)46-29-35-67-59(41-46)60-42-47(45-28-34-66-58(40-45)55-22-10-13-25-63(55)72(66)50-17-5-2-6-18-50)30-36-68(60)73(67)64-37-32-51(52-19-7-8-20-53(52)64)48-31-38-70-61(43-48)56-23-11-14-26-69(56)74-70/h1-7,9,11-17,19,21,23-43,50H,8,10,18,20,22H2. The quantitative estimate of drug-likeness (QED) is 0.163. The highest BCUT2D eigenvalue weighted by Gasteiger charge is 2.25. The highest BCUT2D eigenvalue weighted by Crippen LogP contribution is 2.45. The van der Waals surface area contributed by atoms with Crippen molar-refractivity contribution in [3.05, 3.63) is 241 Å². The Labute approximate surface area is 428 Å². The van der Waals surface area contributed by atoms with Gasteiger partial charge in [-0.05, 0) is 179 Å². The fourth-order valence-corrected chi connectivity index (χ4v) is 13.1. The van der Waals surface area contributed by atoms with Crippen LogP contribution in [-0.4, -0.2) is 13.7 Å². The van der Waals surface area contributed by atoms with Crippen LogP contribution in [-0.2, 0) is 12.8 Å². The van der Waals surface area contributed by atoms with Crippen molar-refractivity contribution >= 4 is 88.6 Å². The first-order valence-electron chi connectivity index (χ1n) is 26.3. The van der Waals surface area contributed by atoms with Gasteiger partial charge in [-0.3, -0.25) is 0 Å². The predicted molar refractivity (Wildman–Crippen MR) is 311 cm³/mol. The van der Waals surface area contributed by atoms with Crippen LogP contribution in [0.2, 0.25) is 0 Å². The minimum Gasteiger partial charge on any atom is -0.456 e. The molecule has 350 valence electrons. The van der Waals surface area contributed by atoms with E-state index in [0.29, 0.717) is 6.04 Å². The lowest BCUT2D eigenvalue weighted by Crippen LogP contribution is -2.10. The molecule has 0 spiro atoms. The first-order valence-corrected chi connectivity index (χ1v) is 26.3. The van der Waals surface area contributed by atoms with Gasteiger partial charge in [0.25, 0.3) is 0 Å². The van der Waals surface area contributed by atoms with Crippen molar-refractivity contribution in [3.8, 4) is 44.8 Å². The van der Waals surface area contributed by atoms with Gasteiger partial charge in [-0.2, -0.15) is 0 Å². The molecule has 9 aromatic carbocycles. The van der Waals surface area contributed by atoms with Crippen molar-refractivity contribution in [2.24, 2.45) is 0 Å². The van der Waals surface area contributed by atoms with E-state index >= 15 is 0 Å². The van der Waals surface area contributed by atoms with E-state index in [9.17, 15) is 0 Å². The highest BCUT2D eigenvalue weighted by atomic mass is 16.3. The van der Waals surface area contributed by atoms with E-state index in [4.69, 9.17) is 4.42 Å². The van der Waals surface area contributed by atoms with Crippen LogP contribution in [0.15, 0.2) is 223 Å². The lowest BCUT2D eigenvalue weighted by atomic mass is 9.88. The van der Waals surface area contributed by atoms with E-state index in [0.717, 1.165) is 54.0 Å². The maximum atomic E-state index is 6.27. The molecular formula is C70H49N3O. The number of hydrogen-bond acceptors (Lipinski definition) is 1. The van der Waals surface area contributed by atoms with Gasteiger partial charge in [0.15, 0.2) is 0 Å². The van der Waals surface area contributed by atoms with Crippen molar-refractivity contribution in [3.63, 3.8) is 0 Å². The topological polar surface area (TPSA) is 27.9 Å². The second-order valence-corrected chi connectivity index (χ2v) is 20.5. The third-order valence-electron chi connectivity index (χ3n) is 16.5. The van der Waals surface area contributed by atoms with E-state index in [-0.39, 0.29) is 0 Å². The number of rotatable bonds is 6. The number of fused-ring (bicyclic) bond motifs is 13. The summed E-state index contributed by atoms with van der Waals surface area (Å²) in [6.07, 6.45) is 23.6. The molecule has 0 aliphatic heterocycles. The molecule has 16 rings (SSSR count). The van der Waals surface area contributed by atoms with Crippen LogP contribution in [0.4, 0.5) is 0 Å². The van der Waals surface area contributed by atoms with Crippen LogP contribution in [0.1, 0.15) is 47.7 Å². The second kappa shape index (κ2) is 16.2. The molecule has 4 aromatic heterocycles. The zero-order valence-electron chi connectivity index (χ0n) is 40.8. The molecule has 0 saturated heterocycles. The van der Waals surface area contributed by atoms with Crippen LogP contribution >= 0.6 is 0 Å². The first kappa shape index (κ1) is 41.5. The van der Waals surface area contributed by atoms with Gasteiger partial charge >= 0.3 is 0 Å². The van der Waals surface area contributed by atoms with Crippen molar-refractivity contribution < 1.29 is 4.42 Å². The van der Waals surface area contributed by atoms with Gasteiger partial charge in [0.1, 0.15) is 11.2 Å². The molecule has 4 heterocycles. The van der Waals surface area contributed by atoms with Crippen molar-refractivity contribution in [1.29, 1.82) is 0 Å². The van der Waals surface area contributed by atoms with Crippen LogP contribution < -0.4 is 0 Å². The molecule has 74 heavy (non-hydrogen) atoms. The highest BCUT2D eigenvalue weighted by molar-refractivity contribution is 6.14. The number of furan rings is 1. The normalized spacial score (nSPS) is 15.2. The smallest absolute Gasteiger partial charge is 0.135 e. The number of hydrogen-bond donors (Lipinski definition) is 0. The Hall–Kier alpha value is -9.12. The minimum atomic E-state index is 0.315. The maximum absolute atomic E-state index is 6.27. The minimum absolute atomic E-state index is 0.315. The number of benzene rings is 9. The summed E-state index contributed by atoms with van der Waals surface area (Å²) in [5.74, 6) is 0. The lowest BCUT2D eigenvalue weighted by molar-refractivity contribution is 0.621. The lowest BCUT2D eigenvalue weighted by Gasteiger charge is -2.21. The summed E-state index contributed by atoms with van der Waals surface area (Å²) in [6.45, 7) is 0. The molecule has 0 fully saturated rings. The Bertz CT molecular complexity index is 4640. The van der Waals surface area contributed by atoms with Crippen LogP contribution in [0, 0.1) is 0 Å². The molecule has 0 amide bonds. The van der Waals surface area contributed by atoms with Crippen LogP contribution in [0.5, 0.6) is 0 Å². The van der Waals surface area contributed by atoms with E-state index in [1.165, 1.54) is 122 Å². The molecule has 4 nitrogen and oxygen atoms in total. The number of aromatic nitrogens is 3. The molecule has 0 bridgehead atoms. The largest absolute Gasteiger partial charge is 0.456 e. The summed E-state index contributed by atoms with van der Waals surface area (Å²) in [6, 6.07) is 68.3. The number of allylic oxidation sites excluding steroid dienone is 6. The van der Waals surface area contributed by atoms with E-state index in [1.54, 1.807) is 0 Å². The average Bonchev–Trinajstić information content (AvgIpc) is 4.21. The zero-order valence-corrected chi connectivity index (χ0v) is 40.8. The molecule has 0 radical (unpaired) electrons. The summed E-state index contributed by atoms with van der Waals surface area (Å²) >= 11 is 0. The molecule has 0 N–H and O–H groups in total. The third-order valence-corrected chi connectivity index (χ3v) is 16.5. The monoisotopic (exact) mass is 947 g/mol. The summed E-state index contributed by atoms with van der Waals surface area (Å²) < 4.78 is 13.8. The molecule has 1 unspecified atom stereocenters. The fourth-order valence-electron chi connectivity index (χ4n) is 13.1. The van der Waals surface area contributed by atoms with Crippen molar-refractivity contribution in [1.82, 2.24) is 13.7 Å². The molecule has 13 aromatic rings. The van der Waals surface area contributed by atoms with Gasteiger partial charge in [-0.25, -0.2) is 0 Å². The van der Waals surface area contributed by atoms with Crippen molar-refractivity contribution in [2.75, 3.05) is 0 Å². The molecule has 3 aliphatic carbocycles. The van der Waals surface area contributed by atoms with Gasteiger partial charge in [0.05, 0.1) is 33.8 Å². The van der Waals surface area contributed by atoms with E-state index in [1.807, 2.05) is 6.07 Å². The maximum Gasteiger partial charge on any atom is 0.135 e. The van der Waals surface area contributed by atoms with Crippen LogP contribution in [0.25, 0.3) is 133 Å². The third kappa shape index (κ3) is 6.21. The van der Waals surface area contributed by atoms with Crippen molar-refractivity contribution in [2.45, 2.75) is 38.1 Å². The summed E-state index contributed by atoms with van der Waals surface area (Å²) in [5.41, 5.74) is 23.3. The van der Waals surface area contributed by atoms with E-state index in [2.05, 4.69) is 238 Å². The number of para-hydroxylation sites is 3. The summed E-state index contributed by atoms with van der Waals surface area (Å²) in [7, 11) is 0. The van der Waals surface area contributed by atoms with Gasteiger partial charge in [0.2, 0.25) is 0 Å². The first-order chi connectivity index (χ1) is 36.7. The Morgan fingerprint density at radius 3 is 1.76 bits per heavy atom. The van der Waals surface area contributed by atoms with Gasteiger partial charge in [-0.15, -0.1) is 0 Å². The second-order valence-electron chi connectivity index (χ2n) is 20.5.